The zero-order chi connectivity index (χ0) is 12.8. The van der Waals surface area contributed by atoms with Gasteiger partial charge in [0, 0.05) is 6.54 Å². The summed E-state index contributed by atoms with van der Waals surface area (Å²) in [5.41, 5.74) is 2.24. The molecule has 0 amide bonds. The van der Waals surface area contributed by atoms with Crippen LogP contribution in [0.3, 0.4) is 0 Å². The molecule has 1 aromatic carbocycles. The smallest absolute Gasteiger partial charge is 0.319 e. The minimum atomic E-state index is -0.224. The Labute approximate surface area is 102 Å². The van der Waals surface area contributed by atoms with E-state index in [0.29, 0.717) is 13.1 Å². The quantitative estimate of drug-likeness (QED) is 0.729. The van der Waals surface area contributed by atoms with Gasteiger partial charge in [0.05, 0.1) is 20.8 Å². The predicted octanol–water partition coefficient (Wildman–Crippen LogP) is 1.61. The van der Waals surface area contributed by atoms with E-state index >= 15 is 0 Å². The summed E-state index contributed by atoms with van der Waals surface area (Å²) in [6, 6.07) is 6.00. The topological polar surface area (TPSA) is 38.8 Å². The molecule has 0 N–H and O–H groups in total. The van der Waals surface area contributed by atoms with Crippen molar-refractivity contribution >= 4 is 5.97 Å². The van der Waals surface area contributed by atoms with E-state index < -0.39 is 0 Å². The number of nitrogens with zero attached hydrogens (tertiary/aromatic N) is 1. The van der Waals surface area contributed by atoms with Crippen molar-refractivity contribution in [2.45, 2.75) is 13.5 Å². The Morgan fingerprint density at radius 2 is 2.06 bits per heavy atom. The molecule has 0 saturated carbocycles. The highest BCUT2D eigenvalue weighted by molar-refractivity contribution is 5.71. The number of methoxy groups -OCH3 is 2. The van der Waals surface area contributed by atoms with Crippen LogP contribution in [0.1, 0.15) is 11.1 Å². The zero-order valence-corrected chi connectivity index (χ0v) is 10.8. The van der Waals surface area contributed by atoms with Crippen molar-refractivity contribution in [3.63, 3.8) is 0 Å². The van der Waals surface area contributed by atoms with Crippen molar-refractivity contribution in [3.8, 4) is 5.75 Å². The van der Waals surface area contributed by atoms with Crippen molar-refractivity contribution < 1.29 is 14.3 Å². The molecule has 0 spiro atoms. The molecule has 0 aliphatic carbocycles. The van der Waals surface area contributed by atoms with Gasteiger partial charge in [-0.15, -0.1) is 0 Å². The lowest BCUT2D eigenvalue weighted by molar-refractivity contribution is -0.141. The van der Waals surface area contributed by atoms with Crippen LogP contribution in [0.2, 0.25) is 0 Å². The SMILES string of the molecule is COC(=O)CN(C)Cc1ccc(OC)c(C)c1. The number of esters is 1. The second-order valence-corrected chi connectivity index (χ2v) is 4.05. The van der Waals surface area contributed by atoms with Crippen molar-refractivity contribution in [1.82, 2.24) is 4.90 Å². The van der Waals surface area contributed by atoms with Crippen molar-refractivity contribution in [2.24, 2.45) is 0 Å². The number of likely N-dealkylation sites (N-methyl/N-ethyl adjacent to an activating group) is 1. The summed E-state index contributed by atoms with van der Waals surface area (Å²) in [5.74, 6) is 0.655. The number of hydrogen-bond donors (Lipinski definition) is 0. The lowest BCUT2D eigenvalue weighted by Crippen LogP contribution is -2.26. The molecule has 0 aliphatic heterocycles. The van der Waals surface area contributed by atoms with E-state index in [4.69, 9.17) is 4.74 Å². The molecule has 0 atom stereocenters. The maximum absolute atomic E-state index is 11.1. The van der Waals surface area contributed by atoms with Crippen LogP contribution in [-0.4, -0.2) is 38.7 Å². The van der Waals surface area contributed by atoms with Crippen LogP contribution in [-0.2, 0) is 16.1 Å². The highest BCUT2D eigenvalue weighted by atomic mass is 16.5. The average molecular weight is 237 g/mol. The maximum atomic E-state index is 11.1. The van der Waals surface area contributed by atoms with Crippen molar-refractivity contribution in [2.75, 3.05) is 27.8 Å². The Morgan fingerprint density at radius 3 is 2.59 bits per heavy atom. The molecule has 0 saturated heterocycles. The highest BCUT2D eigenvalue weighted by Crippen LogP contribution is 2.19. The number of benzene rings is 1. The first-order chi connectivity index (χ1) is 8.06. The Morgan fingerprint density at radius 1 is 1.35 bits per heavy atom. The summed E-state index contributed by atoms with van der Waals surface area (Å²) in [5, 5.41) is 0. The Kier molecular flexibility index (Phi) is 4.97. The van der Waals surface area contributed by atoms with Crippen LogP contribution in [0.4, 0.5) is 0 Å². The molecule has 0 aromatic heterocycles. The van der Waals surface area contributed by atoms with Crippen LogP contribution < -0.4 is 4.74 Å². The molecule has 0 aliphatic rings. The highest BCUT2D eigenvalue weighted by Gasteiger charge is 2.07. The molecule has 1 rings (SSSR count). The fourth-order valence-electron chi connectivity index (χ4n) is 1.69. The lowest BCUT2D eigenvalue weighted by atomic mass is 10.1. The van der Waals surface area contributed by atoms with E-state index in [0.717, 1.165) is 16.9 Å². The summed E-state index contributed by atoms with van der Waals surface area (Å²) in [4.78, 5) is 13.0. The molecule has 0 bridgehead atoms. The fraction of sp³-hybridized carbons (Fsp3) is 0.462. The number of carbonyl (C=O) groups excluding carboxylic acids is 1. The van der Waals surface area contributed by atoms with Gasteiger partial charge in [0.1, 0.15) is 5.75 Å². The molecule has 0 unspecified atom stereocenters. The second kappa shape index (κ2) is 6.25. The molecule has 94 valence electrons. The standard InChI is InChI=1S/C13H19NO3/c1-10-7-11(5-6-12(10)16-3)8-14(2)9-13(15)17-4/h5-7H,8-9H2,1-4H3. The van der Waals surface area contributed by atoms with Crippen molar-refractivity contribution in [3.05, 3.63) is 29.3 Å². The maximum Gasteiger partial charge on any atom is 0.319 e. The Balaban J connectivity index is 2.62. The molecule has 4 nitrogen and oxygen atoms in total. The second-order valence-electron chi connectivity index (χ2n) is 4.05. The van der Waals surface area contributed by atoms with Gasteiger partial charge in [0.25, 0.3) is 0 Å². The monoisotopic (exact) mass is 237 g/mol. The van der Waals surface area contributed by atoms with Gasteiger partial charge in [-0.2, -0.15) is 0 Å². The lowest BCUT2D eigenvalue weighted by Gasteiger charge is -2.16. The minimum absolute atomic E-state index is 0.224. The predicted molar refractivity (Wildman–Crippen MR) is 66.1 cm³/mol. The number of carbonyl (C=O) groups is 1. The number of rotatable bonds is 5. The van der Waals surface area contributed by atoms with Crippen LogP contribution in [0.25, 0.3) is 0 Å². The van der Waals surface area contributed by atoms with Gasteiger partial charge in [0.2, 0.25) is 0 Å². The third-order valence-corrected chi connectivity index (χ3v) is 2.54. The molecule has 0 heterocycles. The first kappa shape index (κ1) is 13.5. The van der Waals surface area contributed by atoms with E-state index in [1.54, 1.807) is 7.11 Å². The number of hydrogen-bond acceptors (Lipinski definition) is 4. The van der Waals surface area contributed by atoms with E-state index in [9.17, 15) is 4.79 Å². The van der Waals surface area contributed by atoms with E-state index in [1.165, 1.54) is 7.11 Å². The van der Waals surface area contributed by atoms with Gasteiger partial charge < -0.3 is 9.47 Å². The number of ether oxygens (including phenoxy) is 2. The first-order valence-corrected chi connectivity index (χ1v) is 5.45. The molecule has 0 radical (unpaired) electrons. The molecule has 17 heavy (non-hydrogen) atoms. The Hall–Kier alpha value is -1.55. The van der Waals surface area contributed by atoms with E-state index in [-0.39, 0.29) is 5.97 Å². The number of aryl methyl sites for hydroxylation is 1. The summed E-state index contributed by atoms with van der Waals surface area (Å²) in [7, 11) is 4.94. The van der Waals surface area contributed by atoms with Crippen LogP contribution in [0, 0.1) is 6.92 Å². The summed E-state index contributed by atoms with van der Waals surface area (Å²) in [6.07, 6.45) is 0. The van der Waals surface area contributed by atoms with E-state index in [1.807, 2.05) is 31.0 Å². The molecule has 1 aromatic rings. The molecule has 4 heteroatoms. The van der Waals surface area contributed by atoms with Crippen LogP contribution in [0.5, 0.6) is 5.75 Å². The van der Waals surface area contributed by atoms with Gasteiger partial charge in [-0.05, 0) is 31.2 Å². The van der Waals surface area contributed by atoms with E-state index in [2.05, 4.69) is 10.8 Å². The van der Waals surface area contributed by atoms with Crippen LogP contribution >= 0.6 is 0 Å². The van der Waals surface area contributed by atoms with Gasteiger partial charge in [-0.3, -0.25) is 9.69 Å². The minimum Gasteiger partial charge on any atom is -0.496 e. The van der Waals surface area contributed by atoms with Gasteiger partial charge in [-0.25, -0.2) is 0 Å². The summed E-state index contributed by atoms with van der Waals surface area (Å²) >= 11 is 0. The summed E-state index contributed by atoms with van der Waals surface area (Å²) in [6.45, 7) is 3.00. The van der Waals surface area contributed by atoms with Gasteiger partial charge in [0.15, 0.2) is 0 Å². The summed E-state index contributed by atoms with van der Waals surface area (Å²) < 4.78 is 9.82. The zero-order valence-electron chi connectivity index (χ0n) is 10.8. The largest absolute Gasteiger partial charge is 0.496 e. The van der Waals surface area contributed by atoms with Crippen LogP contribution in [0.15, 0.2) is 18.2 Å². The van der Waals surface area contributed by atoms with Gasteiger partial charge in [-0.1, -0.05) is 12.1 Å². The van der Waals surface area contributed by atoms with Crippen molar-refractivity contribution in [1.29, 1.82) is 0 Å². The Bertz CT molecular complexity index is 390. The molecular weight excluding hydrogens is 218 g/mol. The molecular formula is C13H19NO3. The average Bonchev–Trinajstić information content (AvgIpc) is 2.29. The molecule has 0 fully saturated rings. The third-order valence-electron chi connectivity index (χ3n) is 2.54. The van der Waals surface area contributed by atoms with Gasteiger partial charge >= 0.3 is 5.97 Å². The first-order valence-electron chi connectivity index (χ1n) is 5.45. The normalized spacial score (nSPS) is 10.4. The fourth-order valence-corrected chi connectivity index (χ4v) is 1.69. The third kappa shape index (κ3) is 4.07.